The first kappa shape index (κ1) is 16.0. The highest BCUT2D eigenvalue weighted by Gasteiger charge is 2.29. The minimum Gasteiger partial charge on any atom is -0.338 e. The molecule has 1 fully saturated rings. The van der Waals surface area contributed by atoms with Gasteiger partial charge in [-0.3, -0.25) is 9.48 Å². The van der Waals surface area contributed by atoms with E-state index in [2.05, 4.69) is 17.3 Å². The third kappa shape index (κ3) is 3.48. The highest BCUT2D eigenvalue weighted by molar-refractivity contribution is 5.85. The molecule has 2 atom stereocenters. The molecular weight excluding hydrogens is 264 g/mol. The Morgan fingerprint density at radius 1 is 1.53 bits per heavy atom. The topological polar surface area (TPSA) is 50.2 Å². The van der Waals surface area contributed by atoms with E-state index in [1.807, 2.05) is 25.2 Å². The average molecular weight is 287 g/mol. The van der Waals surface area contributed by atoms with Crippen LogP contribution in [0.15, 0.2) is 12.4 Å². The summed E-state index contributed by atoms with van der Waals surface area (Å²) in [6.45, 7) is 3.01. The van der Waals surface area contributed by atoms with Gasteiger partial charge in [0.25, 0.3) is 0 Å². The second-order valence-electron chi connectivity index (χ2n) is 5.05. The van der Waals surface area contributed by atoms with Crippen LogP contribution in [0.5, 0.6) is 0 Å². The van der Waals surface area contributed by atoms with E-state index in [9.17, 15) is 4.79 Å². The molecule has 6 heteroatoms. The lowest BCUT2D eigenvalue weighted by Gasteiger charge is -2.35. The van der Waals surface area contributed by atoms with E-state index >= 15 is 0 Å². The lowest BCUT2D eigenvalue weighted by molar-refractivity contribution is -0.136. The van der Waals surface area contributed by atoms with E-state index in [0.29, 0.717) is 6.04 Å². The SMILES string of the molecule is CNC(C(=O)N1CCCCC1C)c1cnn(C)c1.Cl. The molecule has 5 nitrogen and oxygen atoms in total. The first-order valence-electron chi connectivity index (χ1n) is 6.59. The zero-order chi connectivity index (χ0) is 13.1. The Hall–Kier alpha value is -1.07. The van der Waals surface area contributed by atoms with E-state index in [4.69, 9.17) is 0 Å². The summed E-state index contributed by atoms with van der Waals surface area (Å²) in [4.78, 5) is 14.6. The van der Waals surface area contributed by atoms with Crippen LogP contribution in [0, 0.1) is 0 Å². The molecule has 2 heterocycles. The largest absolute Gasteiger partial charge is 0.338 e. The number of rotatable bonds is 3. The van der Waals surface area contributed by atoms with Gasteiger partial charge in [0.15, 0.2) is 0 Å². The summed E-state index contributed by atoms with van der Waals surface area (Å²) in [6, 6.07) is 0.0676. The van der Waals surface area contributed by atoms with E-state index in [-0.39, 0.29) is 24.4 Å². The van der Waals surface area contributed by atoms with Gasteiger partial charge in [0.05, 0.1) is 6.20 Å². The van der Waals surface area contributed by atoms with Gasteiger partial charge < -0.3 is 10.2 Å². The van der Waals surface area contributed by atoms with Crippen molar-refractivity contribution >= 4 is 18.3 Å². The predicted octanol–water partition coefficient (Wildman–Crippen LogP) is 1.50. The van der Waals surface area contributed by atoms with Gasteiger partial charge in [-0.25, -0.2) is 0 Å². The van der Waals surface area contributed by atoms with Crippen LogP contribution in [0.4, 0.5) is 0 Å². The van der Waals surface area contributed by atoms with Gasteiger partial charge >= 0.3 is 0 Å². The van der Waals surface area contributed by atoms with Gasteiger partial charge in [-0.2, -0.15) is 5.10 Å². The van der Waals surface area contributed by atoms with Crippen molar-refractivity contribution in [2.75, 3.05) is 13.6 Å². The molecule has 0 radical (unpaired) electrons. The Morgan fingerprint density at radius 3 is 2.79 bits per heavy atom. The second-order valence-corrected chi connectivity index (χ2v) is 5.05. The number of amides is 1. The highest BCUT2D eigenvalue weighted by Crippen LogP contribution is 2.22. The smallest absolute Gasteiger partial charge is 0.244 e. The minimum absolute atomic E-state index is 0. The first-order valence-corrected chi connectivity index (χ1v) is 6.59. The molecule has 19 heavy (non-hydrogen) atoms. The summed E-state index contributed by atoms with van der Waals surface area (Å²) in [5.74, 6) is 0.165. The lowest BCUT2D eigenvalue weighted by Crippen LogP contribution is -2.46. The maximum absolute atomic E-state index is 12.6. The molecule has 1 aromatic rings. The summed E-state index contributed by atoms with van der Waals surface area (Å²) in [5.41, 5.74) is 0.933. The zero-order valence-corrected chi connectivity index (χ0v) is 12.6. The molecule has 0 aromatic carbocycles. The standard InChI is InChI=1S/C13H22N4O.ClH/c1-10-6-4-5-7-17(10)13(18)12(14-2)11-8-15-16(3)9-11;/h8-10,12,14H,4-7H2,1-3H3;1H. The van der Waals surface area contributed by atoms with Crippen molar-refractivity contribution in [1.82, 2.24) is 20.0 Å². The van der Waals surface area contributed by atoms with Crippen molar-refractivity contribution < 1.29 is 4.79 Å². The van der Waals surface area contributed by atoms with Gasteiger partial charge in [-0.15, -0.1) is 12.4 Å². The monoisotopic (exact) mass is 286 g/mol. The molecule has 1 N–H and O–H groups in total. The quantitative estimate of drug-likeness (QED) is 0.916. The number of aryl methyl sites for hydroxylation is 1. The molecule has 1 amide bonds. The van der Waals surface area contributed by atoms with Crippen molar-refractivity contribution in [3.8, 4) is 0 Å². The second kappa shape index (κ2) is 6.91. The molecule has 2 rings (SSSR count). The molecule has 1 aromatic heterocycles. The van der Waals surface area contributed by atoms with Crippen LogP contribution in [0.1, 0.15) is 37.8 Å². The predicted molar refractivity (Wildman–Crippen MR) is 77.3 cm³/mol. The fraction of sp³-hybridized carbons (Fsp3) is 0.692. The zero-order valence-electron chi connectivity index (χ0n) is 11.8. The molecule has 0 bridgehead atoms. The number of hydrogen-bond acceptors (Lipinski definition) is 3. The van der Waals surface area contributed by atoms with Gasteiger partial charge in [0.1, 0.15) is 6.04 Å². The van der Waals surface area contributed by atoms with Crippen molar-refractivity contribution in [1.29, 1.82) is 0 Å². The number of likely N-dealkylation sites (N-methyl/N-ethyl adjacent to an activating group) is 1. The number of nitrogens with zero attached hydrogens (tertiary/aromatic N) is 3. The van der Waals surface area contributed by atoms with Crippen molar-refractivity contribution in [2.24, 2.45) is 7.05 Å². The molecule has 0 spiro atoms. The van der Waals surface area contributed by atoms with Crippen LogP contribution in [-0.2, 0) is 11.8 Å². The Labute approximate surface area is 120 Å². The Morgan fingerprint density at radius 2 is 2.26 bits per heavy atom. The van der Waals surface area contributed by atoms with Gasteiger partial charge in [0, 0.05) is 31.4 Å². The number of carbonyl (C=O) groups excluding carboxylic acids is 1. The maximum atomic E-state index is 12.6. The van der Waals surface area contributed by atoms with Gasteiger partial charge in [0.2, 0.25) is 5.91 Å². The molecule has 2 unspecified atom stereocenters. The van der Waals surface area contributed by atoms with E-state index < -0.39 is 0 Å². The van der Waals surface area contributed by atoms with Crippen LogP contribution in [0.3, 0.4) is 0 Å². The van der Waals surface area contributed by atoms with Crippen LogP contribution >= 0.6 is 12.4 Å². The Kier molecular flexibility index (Phi) is 5.82. The van der Waals surface area contributed by atoms with Crippen LogP contribution in [-0.4, -0.2) is 40.2 Å². The van der Waals surface area contributed by atoms with Crippen LogP contribution < -0.4 is 5.32 Å². The van der Waals surface area contributed by atoms with E-state index in [1.54, 1.807) is 10.9 Å². The highest BCUT2D eigenvalue weighted by atomic mass is 35.5. The molecule has 0 aliphatic carbocycles. The Balaban J connectivity index is 0.00000180. The van der Waals surface area contributed by atoms with Crippen LogP contribution in [0.2, 0.25) is 0 Å². The summed E-state index contributed by atoms with van der Waals surface area (Å²) in [6.07, 6.45) is 7.10. The van der Waals surface area contributed by atoms with Gasteiger partial charge in [-0.1, -0.05) is 0 Å². The maximum Gasteiger partial charge on any atom is 0.244 e. The average Bonchev–Trinajstić information content (AvgIpc) is 2.77. The molecule has 108 valence electrons. The molecule has 1 aliphatic rings. The van der Waals surface area contributed by atoms with Gasteiger partial charge in [-0.05, 0) is 33.2 Å². The molecular formula is C13H23ClN4O. The number of aromatic nitrogens is 2. The fourth-order valence-corrected chi connectivity index (χ4v) is 2.61. The number of likely N-dealkylation sites (tertiary alicyclic amines) is 1. The number of carbonyl (C=O) groups is 1. The van der Waals surface area contributed by atoms with Crippen LogP contribution in [0.25, 0.3) is 0 Å². The third-order valence-electron chi connectivity index (χ3n) is 3.68. The molecule has 1 saturated heterocycles. The summed E-state index contributed by atoms with van der Waals surface area (Å²) in [5, 5.41) is 7.24. The molecule has 1 aliphatic heterocycles. The number of hydrogen-bond donors (Lipinski definition) is 1. The summed E-state index contributed by atoms with van der Waals surface area (Å²) in [7, 11) is 3.69. The summed E-state index contributed by atoms with van der Waals surface area (Å²) < 4.78 is 1.73. The Bertz CT molecular complexity index is 421. The van der Waals surface area contributed by atoms with E-state index in [1.165, 1.54) is 6.42 Å². The molecule has 0 saturated carbocycles. The fourth-order valence-electron chi connectivity index (χ4n) is 2.61. The first-order chi connectivity index (χ1) is 8.63. The summed E-state index contributed by atoms with van der Waals surface area (Å²) >= 11 is 0. The van der Waals surface area contributed by atoms with E-state index in [0.717, 1.165) is 24.9 Å². The normalized spacial score (nSPS) is 20.8. The lowest BCUT2D eigenvalue weighted by atomic mass is 10.0. The minimum atomic E-state index is -0.278. The third-order valence-corrected chi connectivity index (χ3v) is 3.68. The number of halogens is 1. The number of nitrogens with one attached hydrogen (secondary N) is 1. The van der Waals surface area contributed by atoms with Crippen molar-refractivity contribution in [2.45, 2.75) is 38.3 Å². The number of piperidine rings is 1. The van der Waals surface area contributed by atoms with Crippen molar-refractivity contribution in [3.05, 3.63) is 18.0 Å². The van der Waals surface area contributed by atoms with Crippen molar-refractivity contribution in [3.63, 3.8) is 0 Å².